The van der Waals surface area contributed by atoms with Gasteiger partial charge in [0.15, 0.2) is 0 Å². The summed E-state index contributed by atoms with van der Waals surface area (Å²) in [7, 11) is 0. The average Bonchev–Trinajstić information content (AvgIpc) is 2.57. The van der Waals surface area contributed by atoms with E-state index in [0.29, 0.717) is 6.04 Å². The van der Waals surface area contributed by atoms with E-state index in [2.05, 4.69) is 51.2 Å². The van der Waals surface area contributed by atoms with E-state index in [0.717, 1.165) is 5.92 Å². The first-order valence-electron chi connectivity index (χ1n) is 4.99. The first-order chi connectivity index (χ1) is 6.86. The molecule has 2 heterocycles. The second kappa shape index (κ2) is 3.46. The lowest BCUT2D eigenvalue weighted by atomic mass is 9.95. The van der Waals surface area contributed by atoms with Crippen molar-refractivity contribution < 1.29 is 0 Å². The number of hydrogen-bond donors (Lipinski definition) is 1. The van der Waals surface area contributed by atoms with E-state index in [9.17, 15) is 0 Å². The number of halogens is 1. The Balaban J connectivity index is 2.06. The lowest BCUT2D eigenvalue weighted by Crippen LogP contribution is -2.26. The third kappa shape index (κ3) is 1.29. The summed E-state index contributed by atoms with van der Waals surface area (Å²) in [6, 6.07) is 7.15. The number of benzene rings is 1. The summed E-state index contributed by atoms with van der Waals surface area (Å²) in [6.07, 6.45) is 1.30. The molecule has 2 aliphatic heterocycles. The monoisotopic (exact) mass is 269 g/mol. The number of nitrogens with one attached hydrogen (secondary N) is 1. The summed E-state index contributed by atoms with van der Waals surface area (Å²) >= 11 is 5.74. The second-order valence-electron chi connectivity index (χ2n) is 3.92. The Morgan fingerprint density at radius 3 is 3.29 bits per heavy atom. The molecule has 0 radical (unpaired) electrons. The minimum atomic E-state index is 0.685. The molecule has 1 fully saturated rings. The number of fused-ring (bicyclic) bond motifs is 3. The molecule has 0 aliphatic carbocycles. The highest BCUT2D eigenvalue weighted by Gasteiger charge is 2.35. The molecule has 0 bridgehead atoms. The molecule has 74 valence electrons. The highest BCUT2D eigenvalue weighted by molar-refractivity contribution is 9.10. The zero-order valence-corrected chi connectivity index (χ0v) is 10.2. The zero-order chi connectivity index (χ0) is 9.54. The van der Waals surface area contributed by atoms with Gasteiger partial charge >= 0.3 is 0 Å². The molecular formula is C11H12BrNS. The van der Waals surface area contributed by atoms with E-state index in [4.69, 9.17) is 0 Å². The van der Waals surface area contributed by atoms with E-state index in [1.54, 1.807) is 0 Å². The summed E-state index contributed by atoms with van der Waals surface area (Å²) < 4.78 is 1.28. The van der Waals surface area contributed by atoms with Gasteiger partial charge in [-0.15, -0.1) is 0 Å². The van der Waals surface area contributed by atoms with Gasteiger partial charge in [-0.3, -0.25) is 0 Å². The Hall–Kier alpha value is -0.150. The van der Waals surface area contributed by atoms with Gasteiger partial charge in [-0.05, 0) is 29.9 Å². The Morgan fingerprint density at radius 1 is 1.43 bits per heavy atom. The van der Waals surface area contributed by atoms with Crippen LogP contribution in [0.15, 0.2) is 22.7 Å². The third-order valence-electron chi connectivity index (χ3n) is 3.12. The predicted molar refractivity (Wildman–Crippen MR) is 66.2 cm³/mol. The van der Waals surface area contributed by atoms with Crippen molar-refractivity contribution in [1.29, 1.82) is 0 Å². The molecule has 1 aromatic rings. The fourth-order valence-corrected chi connectivity index (χ4v) is 4.34. The maximum absolute atomic E-state index is 3.66. The molecule has 2 unspecified atom stereocenters. The Kier molecular flexibility index (Phi) is 2.25. The molecule has 0 aromatic heterocycles. The van der Waals surface area contributed by atoms with Gasteiger partial charge in [0.25, 0.3) is 0 Å². The molecule has 0 saturated carbocycles. The highest BCUT2D eigenvalue weighted by Crippen LogP contribution is 2.45. The summed E-state index contributed by atoms with van der Waals surface area (Å²) in [5, 5.41) is 3.63. The van der Waals surface area contributed by atoms with Crippen LogP contribution < -0.4 is 5.32 Å². The molecule has 2 aliphatic rings. The van der Waals surface area contributed by atoms with Crippen LogP contribution in [0.25, 0.3) is 0 Å². The Labute approximate surface area is 96.8 Å². The molecule has 0 amide bonds. The van der Waals surface area contributed by atoms with Crippen molar-refractivity contribution in [3.63, 3.8) is 0 Å². The van der Waals surface area contributed by atoms with Crippen molar-refractivity contribution in [2.75, 3.05) is 16.8 Å². The van der Waals surface area contributed by atoms with Crippen molar-refractivity contribution in [2.45, 2.75) is 18.4 Å². The molecule has 1 N–H and O–H groups in total. The van der Waals surface area contributed by atoms with Crippen molar-refractivity contribution in [3.05, 3.63) is 28.2 Å². The third-order valence-corrected chi connectivity index (χ3v) is 4.93. The maximum Gasteiger partial charge on any atom is 0.0390 e. The van der Waals surface area contributed by atoms with Crippen molar-refractivity contribution in [3.8, 4) is 0 Å². The molecule has 3 rings (SSSR count). The number of anilines is 1. The predicted octanol–water partition coefficient (Wildman–Crippen LogP) is 3.46. The number of thioether (sulfide) groups is 1. The quantitative estimate of drug-likeness (QED) is 0.774. The van der Waals surface area contributed by atoms with Crippen LogP contribution in [0.5, 0.6) is 0 Å². The minimum absolute atomic E-state index is 0.685. The molecule has 1 nitrogen and oxygen atoms in total. The van der Waals surface area contributed by atoms with E-state index < -0.39 is 0 Å². The van der Waals surface area contributed by atoms with Crippen LogP contribution in [0, 0.1) is 0 Å². The van der Waals surface area contributed by atoms with Gasteiger partial charge in [0, 0.05) is 27.9 Å². The van der Waals surface area contributed by atoms with Crippen molar-refractivity contribution in [2.24, 2.45) is 0 Å². The summed E-state index contributed by atoms with van der Waals surface area (Å²) in [5.74, 6) is 3.30. The van der Waals surface area contributed by atoms with E-state index in [1.807, 2.05) is 0 Å². The first-order valence-corrected chi connectivity index (χ1v) is 6.94. The molecular weight excluding hydrogens is 258 g/mol. The minimum Gasteiger partial charge on any atom is -0.381 e. The molecule has 14 heavy (non-hydrogen) atoms. The number of hydrogen-bond acceptors (Lipinski definition) is 2. The van der Waals surface area contributed by atoms with Gasteiger partial charge < -0.3 is 5.32 Å². The Morgan fingerprint density at radius 2 is 2.36 bits per heavy atom. The van der Waals surface area contributed by atoms with Crippen LogP contribution in [0.2, 0.25) is 0 Å². The van der Waals surface area contributed by atoms with Gasteiger partial charge in [-0.25, -0.2) is 0 Å². The molecule has 0 spiro atoms. The van der Waals surface area contributed by atoms with Crippen LogP contribution >= 0.6 is 27.7 Å². The summed E-state index contributed by atoms with van der Waals surface area (Å²) in [4.78, 5) is 0. The van der Waals surface area contributed by atoms with Gasteiger partial charge in [0.1, 0.15) is 0 Å². The van der Waals surface area contributed by atoms with Crippen molar-refractivity contribution >= 4 is 33.4 Å². The lowest BCUT2D eigenvalue weighted by molar-refractivity contribution is 0.613. The standard InChI is InChI=1S/C11H12BrNS/c12-8-2-1-3-10-11(8)7-6-14-5-4-9(7)13-10/h1-3,7,9,13H,4-6H2. The van der Waals surface area contributed by atoms with E-state index >= 15 is 0 Å². The molecule has 1 aromatic carbocycles. The highest BCUT2D eigenvalue weighted by atomic mass is 79.9. The topological polar surface area (TPSA) is 12.0 Å². The van der Waals surface area contributed by atoms with E-state index in [1.165, 1.54) is 33.7 Å². The van der Waals surface area contributed by atoms with Gasteiger partial charge in [-0.1, -0.05) is 22.0 Å². The smallest absolute Gasteiger partial charge is 0.0390 e. The fraction of sp³-hybridized carbons (Fsp3) is 0.455. The Bertz CT molecular complexity index is 366. The number of rotatable bonds is 0. The maximum atomic E-state index is 3.66. The normalized spacial score (nSPS) is 29.2. The molecule has 3 heteroatoms. The largest absolute Gasteiger partial charge is 0.381 e. The van der Waals surface area contributed by atoms with Gasteiger partial charge in [0.05, 0.1) is 0 Å². The molecule has 2 atom stereocenters. The lowest BCUT2D eigenvalue weighted by Gasteiger charge is -2.25. The van der Waals surface area contributed by atoms with Crippen molar-refractivity contribution in [1.82, 2.24) is 0 Å². The second-order valence-corrected chi connectivity index (χ2v) is 5.93. The average molecular weight is 270 g/mol. The van der Waals surface area contributed by atoms with Crippen LogP contribution in [-0.2, 0) is 0 Å². The van der Waals surface area contributed by atoms with Crippen LogP contribution in [-0.4, -0.2) is 17.5 Å². The SMILES string of the molecule is Brc1cccc2c1C1CSCCC1N2. The van der Waals surface area contributed by atoms with Gasteiger partial charge in [0.2, 0.25) is 0 Å². The van der Waals surface area contributed by atoms with Crippen LogP contribution in [0.3, 0.4) is 0 Å². The molecule has 1 saturated heterocycles. The van der Waals surface area contributed by atoms with E-state index in [-0.39, 0.29) is 0 Å². The van der Waals surface area contributed by atoms with Crippen LogP contribution in [0.4, 0.5) is 5.69 Å². The first kappa shape index (κ1) is 9.10. The summed E-state index contributed by atoms with van der Waals surface area (Å²) in [5.41, 5.74) is 2.85. The van der Waals surface area contributed by atoms with Gasteiger partial charge in [-0.2, -0.15) is 11.8 Å². The zero-order valence-electron chi connectivity index (χ0n) is 7.79. The van der Waals surface area contributed by atoms with Crippen LogP contribution in [0.1, 0.15) is 17.9 Å². The summed E-state index contributed by atoms with van der Waals surface area (Å²) in [6.45, 7) is 0. The fourth-order valence-electron chi connectivity index (χ4n) is 2.43.